The van der Waals surface area contributed by atoms with E-state index in [2.05, 4.69) is 26.2 Å². The highest BCUT2D eigenvalue weighted by molar-refractivity contribution is 9.10. The van der Waals surface area contributed by atoms with Crippen molar-refractivity contribution < 1.29 is 14.7 Å². The summed E-state index contributed by atoms with van der Waals surface area (Å²) >= 11 is 3.32. The number of benzene rings is 1. The summed E-state index contributed by atoms with van der Waals surface area (Å²) in [5, 5.41) is 11.6. The van der Waals surface area contributed by atoms with Crippen molar-refractivity contribution in [1.29, 1.82) is 0 Å². The molecule has 0 saturated carbocycles. The Morgan fingerprint density at radius 3 is 2.65 bits per heavy atom. The topological polar surface area (TPSA) is 79.3 Å². The molecule has 1 aromatic carbocycles. The van der Waals surface area contributed by atoms with Gasteiger partial charge in [-0.1, -0.05) is 6.07 Å². The molecule has 20 heavy (non-hydrogen) atoms. The van der Waals surface area contributed by atoms with E-state index in [-0.39, 0.29) is 11.3 Å². The minimum absolute atomic E-state index is 0.00316. The summed E-state index contributed by atoms with van der Waals surface area (Å²) in [4.78, 5) is 27.0. The molecule has 0 fully saturated rings. The van der Waals surface area contributed by atoms with Gasteiger partial charge in [0.1, 0.15) is 0 Å². The summed E-state index contributed by atoms with van der Waals surface area (Å²) in [6, 6.07) is 6.63. The molecule has 0 aliphatic heterocycles. The van der Waals surface area contributed by atoms with Crippen molar-refractivity contribution in [2.24, 2.45) is 0 Å². The fraction of sp³-hybridized carbons (Fsp3) is 0.0714. The molecule has 5 nitrogen and oxygen atoms in total. The number of aromatic carboxylic acids is 1. The van der Waals surface area contributed by atoms with Crippen LogP contribution < -0.4 is 5.32 Å². The number of carbonyl (C=O) groups excluding carboxylic acids is 1. The number of pyridine rings is 1. The van der Waals surface area contributed by atoms with Gasteiger partial charge in [-0.2, -0.15) is 0 Å². The standard InChI is InChI=1S/C14H11BrN2O3/c1-8-2-3-9(11(15)6-8)13(18)17-12-7-16-5-4-10(12)14(19)20/h2-7H,1H3,(H,17,18)(H,19,20). The van der Waals surface area contributed by atoms with Gasteiger partial charge in [0.2, 0.25) is 0 Å². The number of rotatable bonds is 3. The highest BCUT2D eigenvalue weighted by atomic mass is 79.9. The molecule has 1 heterocycles. The van der Waals surface area contributed by atoms with E-state index in [4.69, 9.17) is 5.11 Å². The molecule has 2 rings (SSSR count). The van der Waals surface area contributed by atoms with Gasteiger partial charge >= 0.3 is 5.97 Å². The Morgan fingerprint density at radius 2 is 2.00 bits per heavy atom. The average molecular weight is 335 g/mol. The number of anilines is 1. The number of carboxylic acid groups (broad SMARTS) is 1. The number of halogens is 1. The SMILES string of the molecule is Cc1ccc(C(=O)Nc2cnccc2C(=O)O)c(Br)c1. The van der Waals surface area contributed by atoms with Crippen molar-refractivity contribution in [1.82, 2.24) is 4.98 Å². The molecule has 0 aliphatic carbocycles. The number of carboxylic acids is 1. The van der Waals surface area contributed by atoms with Gasteiger partial charge < -0.3 is 10.4 Å². The molecular formula is C14H11BrN2O3. The van der Waals surface area contributed by atoms with Crippen LogP contribution in [-0.2, 0) is 0 Å². The van der Waals surface area contributed by atoms with Crippen LogP contribution in [-0.4, -0.2) is 22.0 Å². The van der Waals surface area contributed by atoms with Crippen LogP contribution in [0, 0.1) is 6.92 Å². The quantitative estimate of drug-likeness (QED) is 0.903. The number of aryl methyl sites for hydroxylation is 1. The molecule has 2 N–H and O–H groups in total. The zero-order valence-electron chi connectivity index (χ0n) is 10.6. The predicted octanol–water partition coefficient (Wildman–Crippen LogP) is 3.10. The van der Waals surface area contributed by atoms with Crippen molar-refractivity contribution in [2.75, 3.05) is 5.32 Å². The van der Waals surface area contributed by atoms with Gasteiger partial charge in [0.25, 0.3) is 5.91 Å². The largest absolute Gasteiger partial charge is 0.478 e. The molecule has 1 amide bonds. The second kappa shape index (κ2) is 5.83. The lowest BCUT2D eigenvalue weighted by molar-refractivity contribution is 0.0698. The van der Waals surface area contributed by atoms with Crippen LogP contribution in [0.5, 0.6) is 0 Å². The van der Waals surface area contributed by atoms with E-state index < -0.39 is 11.9 Å². The molecule has 6 heteroatoms. The number of aromatic nitrogens is 1. The van der Waals surface area contributed by atoms with E-state index in [1.807, 2.05) is 13.0 Å². The van der Waals surface area contributed by atoms with Gasteiger partial charge in [0.05, 0.1) is 23.0 Å². The van der Waals surface area contributed by atoms with Gasteiger partial charge in [0.15, 0.2) is 0 Å². The summed E-state index contributed by atoms with van der Waals surface area (Å²) in [5.74, 6) is -1.52. The summed E-state index contributed by atoms with van der Waals surface area (Å²) in [7, 11) is 0. The zero-order chi connectivity index (χ0) is 14.7. The molecule has 0 radical (unpaired) electrons. The Morgan fingerprint density at radius 1 is 1.25 bits per heavy atom. The normalized spacial score (nSPS) is 10.1. The Hall–Kier alpha value is -2.21. The second-order valence-electron chi connectivity index (χ2n) is 4.16. The minimum atomic E-state index is -1.12. The smallest absolute Gasteiger partial charge is 0.337 e. The van der Waals surface area contributed by atoms with Crippen LogP contribution in [0.25, 0.3) is 0 Å². The van der Waals surface area contributed by atoms with E-state index in [0.717, 1.165) is 5.56 Å². The maximum atomic E-state index is 12.2. The van der Waals surface area contributed by atoms with Crippen molar-refractivity contribution in [3.63, 3.8) is 0 Å². The lowest BCUT2D eigenvalue weighted by Crippen LogP contribution is -2.15. The Bertz CT molecular complexity index is 686. The van der Waals surface area contributed by atoms with Gasteiger partial charge in [-0.05, 0) is 46.6 Å². The van der Waals surface area contributed by atoms with Crippen LogP contribution in [0.1, 0.15) is 26.3 Å². The van der Waals surface area contributed by atoms with Crippen LogP contribution in [0.3, 0.4) is 0 Å². The summed E-state index contributed by atoms with van der Waals surface area (Å²) in [6.45, 7) is 1.91. The first-order valence-corrected chi connectivity index (χ1v) is 6.53. The van der Waals surface area contributed by atoms with Gasteiger partial charge in [0, 0.05) is 10.7 Å². The van der Waals surface area contributed by atoms with E-state index in [9.17, 15) is 9.59 Å². The van der Waals surface area contributed by atoms with Gasteiger partial charge in [-0.3, -0.25) is 9.78 Å². The first-order chi connectivity index (χ1) is 9.49. The zero-order valence-corrected chi connectivity index (χ0v) is 12.1. The lowest BCUT2D eigenvalue weighted by atomic mass is 10.1. The molecule has 0 aliphatic rings. The predicted molar refractivity (Wildman–Crippen MR) is 78.0 cm³/mol. The molecule has 0 unspecified atom stereocenters. The monoisotopic (exact) mass is 334 g/mol. The van der Waals surface area contributed by atoms with Crippen molar-refractivity contribution in [3.05, 3.63) is 57.8 Å². The van der Waals surface area contributed by atoms with E-state index in [1.54, 1.807) is 12.1 Å². The number of hydrogen-bond donors (Lipinski definition) is 2. The third-order valence-corrected chi connectivity index (χ3v) is 3.32. The number of carbonyl (C=O) groups is 2. The molecule has 1 aromatic heterocycles. The fourth-order valence-corrected chi connectivity index (χ4v) is 2.35. The number of nitrogens with one attached hydrogen (secondary N) is 1. The lowest BCUT2D eigenvalue weighted by Gasteiger charge is -2.09. The Balaban J connectivity index is 2.30. The first kappa shape index (κ1) is 14.2. The average Bonchev–Trinajstić information content (AvgIpc) is 2.38. The first-order valence-electron chi connectivity index (χ1n) is 5.74. The number of amides is 1. The summed E-state index contributed by atoms with van der Waals surface area (Å²) in [6.07, 6.45) is 2.67. The van der Waals surface area contributed by atoms with Crippen molar-refractivity contribution in [3.8, 4) is 0 Å². The van der Waals surface area contributed by atoms with E-state index in [0.29, 0.717) is 10.0 Å². The van der Waals surface area contributed by atoms with E-state index in [1.165, 1.54) is 18.5 Å². The van der Waals surface area contributed by atoms with Crippen LogP contribution in [0.2, 0.25) is 0 Å². The second-order valence-corrected chi connectivity index (χ2v) is 5.02. The number of nitrogens with zero attached hydrogens (tertiary/aromatic N) is 1. The molecule has 102 valence electrons. The highest BCUT2D eigenvalue weighted by Crippen LogP contribution is 2.21. The molecular weight excluding hydrogens is 324 g/mol. The minimum Gasteiger partial charge on any atom is -0.478 e. The maximum absolute atomic E-state index is 12.2. The van der Waals surface area contributed by atoms with Crippen molar-refractivity contribution in [2.45, 2.75) is 6.92 Å². The van der Waals surface area contributed by atoms with Crippen LogP contribution in [0.15, 0.2) is 41.1 Å². The maximum Gasteiger partial charge on any atom is 0.337 e. The van der Waals surface area contributed by atoms with Gasteiger partial charge in [-0.25, -0.2) is 4.79 Å². The van der Waals surface area contributed by atoms with Crippen molar-refractivity contribution >= 4 is 33.5 Å². The molecule has 0 atom stereocenters. The third kappa shape index (κ3) is 3.03. The van der Waals surface area contributed by atoms with E-state index >= 15 is 0 Å². The fourth-order valence-electron chi connectivity index (χ4n) is 1.67. The van der Waals surface area contributed by atoms with Gasteiger partial charge in [-0.15, -0.1) is 0 Å². The molecule has 0 bridgehead atoms. The third-order valence-electron chi connectivity index (χ3n) is 2.67. The van der Waals surface area contributed by atoms with Crippen LogP contribution in [0.4, 0.5) is 5.69 Å². The Labute approximate surface area is 123 Å². The summed E-state index contributed by atoms with van der Waals surface area (Å²) in [5.41, 5.74) is 1.60. The van der Waals surface area contributed by atoms with Crippen LogP contribution >= 0.6 is 15.9 Å². The number of hydrogen-bond acceptors (Lipinski definition) is 3. The summed E-state index contributed by atoms with van der Waals surface area (Å²) < 4.78 is 0.649. The molecule has 0 saturated heterocycles. The molecule has 2 aromatic rings. The highest BCUT2D eigenvalue weighted by Gasteiger charge is 2.15. The Kier molecular flexibility index (Phi) is 4.14. The molecule has 0 spiro atoms.